The Morgan fingerprint density at radius 3 is 2.53 bits per heavy atom. The van der Waals surface area contributed by atoms with Gasteiger partial charge in [-0.15, -0.1) is 0 Å². The Bertz CT molecular complexity index is 218. The molecule has 2 fully saturated rings. The zero-order chi connectivity index (χ0) is 12.1. The Morgan fingerprint density at radius 1 is 1.06 bits per heavy atom. The molecule has 0 heterocycles. The molecule has 0 spiro atoms. The molecule has 2 saturated carbocycles. The van der Waals surface area contributed by atoms with Crippen molar-refractivity contribution in [2.75, 3.05) is 6.54 Å². The van der Waals surface area contributed by atoms with E-state index in [9.17, 15) is 0 Å². The van der Waals surface area contributed by atoms with Crippen LogP contribution in [0.2, 0.25) is 0 Å². The molecule has 2 unspecified atom stereocenters. The highest BCUT2D eigenvalue weighted by atomic mass is 14.9. The van der Waals surface area contributed by atoms with E-state index in [0.717, 1.165) is 12.0 Å². The van der Waals surface area contributed by atoms with Gasteiger partial charge in [0.05, 0.1) is 0 Å². The third-order valence-electron chi connectivity index (χ3n) is 5.24. The van der Waals surface area contributed by atoms with Gasteiger partial charge in [-0.05, 0) is 37.0 Å². The van der Waals surface area contributed by atoms with Gasteiger partial charge in [-0.1, -0.05) is 52.4 Å². The van der Waals surface area contributed by atoms with Gasteiger partial charge in [0.25, 0.3) is 0 Å². The quantitative estimate of drug-likeness (QED) is 0.758. The minimum absolute atomic E-state index is 0.609. The third-order valence-corrected chi connectivity index (χ3v) is 5.24. The molecule has 2 aliphatic rings. The van der Waals surface area contributed by atoms with Crippen molar-refractivity contribution in [2.24, 2.45) is 11.3 Å². The van der Waals surface area contributed by atoms with Crippen LogP contribution in [0.4, 0.5) is 0 Å². The molecule has 0 aromatic heterocycles. The zero-order valence-corrected chi connectivity index (χ0v) is 11.9. The number of nitrogens with one attached hydrogen (secondary N) is 1. The van der Waals surface area contributed by atoms with Crippen LogP contribution in [0.25, 0.3) is 0 Å². The third kappa shape index (κ3) is 3.98. The molecule has 1 heteroatoms. The summed E-state index contributed by atoms with van der Waals surface area (Å²) in [6.45, 7) is 6.13. The lowest BCUT2D eigenvalue weighted by Gasteiger charge is -2.37. The van der Waals surface area contributed by atoms with Gasteiger partial charge in [-0.25, -0.2) is 0 Å². The molecule has 100 valence electrons. The van der Waals surface area contributed by atoms with Crippen LogP contribution in [0.3, 0.4) is 0 Å². The SMILES string of the molecule is CCC1CCCC(NCC2(C)CCCCC2)C1. The van der Waals surface area contributed by atoms with Crippen LogP contribution in [0, 0.1) is 11.3 Å². The first-order chi connectivity index (χ1) is 8.22. The van der Waals surface area contributed by atoms with Crippen molar-refractivity contribution in [1.82, 2.24) is 5.32 Å². The number of hydrogen-bond acceptors (Lipinski definition) is 1. The normalized spacial score (nSPS) is 33.5. The molecular formula is C16H31N. The van der Waals surface area contributed by atoms with Gasteiger partial charge in [-0.3, -0.25) is 0 Å². The number of rotatable bonds is 4. The first-order valence-electron chi connectivity index (χ1n) is 7.95. The second-order valence-electron chi connectivity index (χ2n) is 6.89. The van der Waals surface area contributed by atoms with Crippen LogP contribution in [0.1, 0.15) is 78.1 Å². The van der Waals surface area contributed by atoms with Crippen molar-refractivity contribution in [3.8, 4) is 0 Å². The minimum Gasteiger partial charge on any atom is -0.313 e. The van der Waals surface area contributed by atoms with Gasteiger partial charge >= 0.3 is 0 Å². The summed E-state index contributed by atoms with van der Waals surface area (Å²) in [5.74, 6) is 1.00. The zero-order valence-electron chi connectivity index (χ0n) is 11.9. The van der Waals surface area contributed by atoms with Crippen LogP contribution >= 0.6 is 0 Å². The fourth-order valence-corrected chi connectivity index (χ4v) is 3.82. The van der Waals surface area contributed by atoms with Crippen LogP contribution in [-0.4, -0.2) is 12.6 Å². The van der Waals surface area contributed by atoms with Crippen molar-refractivity contribution >= 4 is 0 Å². The molecule has 17 heavy (non-hydrogen) atoms. The van der Waals surface area contributed by atoms with Crippen LogP contribution < -0.4 is 5.32 Å². The second kappa shape index (κ2) is 6.22. The Kier molecular flexibility index (Phi) is 4.90. The van der Waals surface area contributed by atoms with E-state index in [4.69, 9.17) is 0 Å². The van der Waals surface area contributed by atoms with Crippen molar-refractivity contribution in [2.45, 2.75) is 84.1 Å². The summed E-state index contributed by atoms with van der Waals surface area (Å²) in [6, 6.07) is 0.826. The van der Waals surface area contributed by atoms with Gasteiger partial charge in [0.2, 0.25) is 0 Å². The van der Waals surface area contributed by atoms with E-state index in [2.05, 4.69) is 19.2 Å². The molecular weight excluding hydrogens is 206 g/mol. The maximum atomic E-state index is 3.90. The molecule has 2 aliphatic carbocycles. The fraction of sp³-hybridized carbons (Fsp3) is 1.00. The van der Waals surface area contributed by atoms with E-state index in [0.29, 0.717) is 5.41 Å². The van der Waals surface area contributed by atoms with Gasteiger partial charge in [-0.2, -0.15) is 0 Å². The second-order valence-corrected chi connectivity index (χ2v) is 6.89. The molecule has 0 amide bonds. The van der Waals surface area contributed by atoms with E-state index in [1.54, 1.807) is 0 Å². The summed E-state index contributed by atoms with van der Waals surface area (Å²) in [7, 11) is 0. The topological polar surface area (TPSA) is 12.0 Å². The Labute approximate surface area is 108 Å². The van der Waals surface area contributed by atoms with Crippen LogP contribution in [0.5, 0.6) is 0 Å². The number of hydrogen-bond donors (Lipinski definition) is 1. The molecule has 2 atom stereocenters. The van der Waals surface area contributed by atoms with Crippen molar-refractivity contribution < 1.29 is 0 Å². The molecule has 0 aromatic carbocycles. The molecule has 0 aliphatic heterocycles. The van der Waals surface area contributed by atoms with Crippen molar-refractivity contribution in [3.05, 3.63) is 0 Å². The van der Waals surface area contributed by atoms with Gasteiger partial charge < -0.3 is 5.32 Å². The summed E-state index contributed by atoms with van der Waals surface area (Å²) >= 11 is 0. The average Bonchev–Trinajstić information content (AvgIpc) is 2.38. The molecule has 0 bridgehead atoms. The van der Waals surface area contributed by atoms with Crippen molar-refractivity contribution in [1.29, 1.82) is 0 Å². The fourth-order valence-electron chi connectivity index (χ4n) is 3.82. The summed E-state index contributed by atoms with van der Waals surface area (Å²) in [6.07, 6.45) is 14.5. The van der Waals surface area contributed by atoms with Crippen molar-refractivity contribution in [3.63, 3.8) is 0 Å². The minimum atomic E-state index is 0.609. The molecule has 1 nitrogen and oxygen atoms in total. The van der Waals surface area contributed by atoms with Gasteiger partial charge in [0, 0.05) is 12.6 Å². The molecule has 1 N–H and O–H groups in total. The smallest absolute Gasteiger partial charge is 0.00699 e. The lowest BCUT2D eigenvalue weighted by molar-refractivity contribution is 0.183. The monoisotopic (exact) mass is 237 g/mol. The van der Waals surface area contributed by atoms with E-state index in [1.807, 2.05) is 0 Å². The summed E-state index contributed by atoms with van der Waals surface area (Å²) in [4.78, 5) is 0. The first kappa shape index (κ1) is 13.4. The summed E-state index contributed by atoms with van der Waals surface area (Å²) < 4.78 is 0. The molecule has 2 rings (SSSR count). The predicted octanol–water partition coefficient (Wildman–Crippen LogP) is 4.52. The summed E-state index contributed by atoms with van der Waals surface area (Å²) in [5, 5.41) is 3.90. The lowest BCUT2D eigenvalue weighted by Crippen LogP contribution is -2.41. The predicted molar refractivity (Wildman–Crippen MR) is 75.2 cm³/mol. The van der Waals surface area contributed by atoms with E-state index < -0.39 is 0 Å². The summed E-state index contributed by atoms with van der Waals surface area (Å²) in [5.41, 5.74) is 0.609. The standard InChI is InChI=1S/C16H31N/c1-3-14-8-7-9-15(12-14)17-13-16(2)10-5-4-6-11-16/h14-15,17H,3-13H2,1-2H3. The van der Waals surface area contributed by atoms with E-state index in [-0.39, 0.29) is 0 Å². The maximum Gasteiger partial charge on any atom is 0.00699 e. The van der Waals surface area contributed by atoms with Crippen LogP contribution in [0.15, 0.2) is 0 Å². The van der Waals surface area contributed by atoms with E-state index >= 15 is 0 Å². The maximum absolute atomic E-state index is 3.90. The molecule has 0 aromatic rings. The molecule has 0 saturated heterocycles. The largest absolute Gasteiger partial charge is 0.313 e. The highest BCUT2D eigenvalue weighted by Gasteiger charge is 2.28. The Hall–Kier alpha value is -0.0400. The Balaban J connectivity index is 1.73. The highest BCUT2D eigenvalue weighted by Crippen LogP contribution is 2.35. The van der Waals surface area contributed by atoms with E-state index in [1.165, 1.54) is 70.8 Å². The molecule has 0 radical (unpaired) electrons. The highest BCUT2D eigenvalue weighted by molar-refractivity contribution is 4.84. The van der Waals surface area contributed by atoms with Gasteiger partial charge in [0.1, 0.15) is 0 Å². The van der Waals surface area contributed by atoms with Crippen LogP contribution in [-0.2, 0) is 0 Å². The first-order valence-corrected chi connectivity index (χ1v) is 7.95. The lowest BCUT2D eigenvalue weighted by atomic mass is 9.75. The Morgan fingerprint density at radius 2 is 1.82 bits per heavy atom. The average molecular weight is 237 g/mol. The van der Waals surface area contributed by atoms with Gasteiger partial charge in [0.15, 0.2) is 0 Å².